The third kappa shape index (κ3) is 4.60. The first-order valence-electron chi connectivity index (χ1n) is 5.27. The van der Waals surface area contributed by atoms with Crippen molar-refractivity contribution in [2.45, 2.75) is 26.0 Å². The summed E-state index contributed by atoms with van der Waals surface area (Å²) in [5.74, 6) is -0.232. The fourth-order valence-corrected chi connectivity index (χ4v) is 1.34. The SMILES string of the molecule is CC(C)(CBr)NC(=O)c1ccc(OC(F)F)cc1. The molecule has 0 bridgehead atoms. The van der Waals surface area contributed by atoms with Crippen LogP contribution in [0.4, 0.5) is 8.78 Å². The van der Waals surface area contributed by atoms with Crippen molar-refractivity contribution in [3.05, 3.63) is 29.8 Å². The molecule has 6 heteroatoms. The molecule has 0 unspecified atom stereocenters. The molecule has 100 valence electrons. The van der Waals surface area contributed by atoms with E-state index in [0.717, 1.165) is 0 Å². The largest absolute Gasteiger partial charge is 0.435 e. The average Bonchev–Trinajstić information content (AvgIpc) is 2.28. The predicted molar refractivity (Wildman–Crippen MR) is 68.4 cm³/mol. The van der Waals surface area contributed by atoms with Crippen LogP contribution in [-0.4, -0.2) is 23.4 Å². The molecule has 0 aromatic heterocycles. The lowest BCUT2D eigenvalue weighted by molar-refractivity contribution is -0.0498. The Morgan fingerprint density at radius 1 is 1.39 bits per heavy atom. The van der Waals surface area contributed by atoms with E-state index in [-0.39, 0.29) is 17.2 Å². The zero-order valence-electron chi connectivity index (χ0n) is 10.0. The van der Waals surface area contributed by atoms with Crippen molar-refractivity contribution in [1.29, 1.82) is 0 Å². The maximum Gasteiger partial charge on any atom is 0.387 e. The van der Waals surface area contributed by atoms with E-state index in [1.54, 1.807) is 0 Å². The van der Waals surface area contributed by atoms with Crippen molar-refractivity contribution in [2.75, 3.05) is 5.33 Å². The number of benzene rings is 1. The normalized spacial score (nSPS) is 11.4. The Hall–Kier alpha value is -1.17. The highest BCUT2D eigenvalue weighted by Crippen LogP contribution is 2.15. The first-order valence-corrected chi connectivity index (χ1v) is 6.39. The minimum Gasteiger partial charge on any atom is -0.435 e. The number of ether oxygens (including phenoxy) is 1. The summed E-state index contributed by atoms with van der Waals surface area (Å²) >= 11 is 3.29. The van der Waals surface area contributed by atoms with Gasteiger partial charge in [0.05, 0.1) is 0 Å². The number of hydrogen-bond donors (Lipinski definition) is 1. The molecule has 0 saturated carbocycles. The first-order chi connectivity index (χ1) is 8.34. The summed E-state index contributed by atoms with van der Waals surface area (Å²) < 4.78 is 28.1. The lowest BCUT2D eigenvalue weighted by Crippen LogP contribution is -2.44. The van der Waals surface area contributed by atoms with E-state index >= 15 is 0 Å². The summed E-state index contributed by atoms with van der Waals surface area (Å²) in [5, 5.41) is 3.42. The van der Waals surface area contributed by atoms with Gasteiger partial charge in [0.25, 0.3) is 5.91 Å². The molecule has 0 aliphatic heterocycles. The summed E-state index contributed by atoms with van der Waals surface area (Å²) in [5.41, 5.74) is 0.0144. The number of rotatable bonds is 5. The Morgan fingerprint density at radius 2 is 1.94 bits per heavy atom. The summed E-state index contributed by atoms with van der Waals surface area (Å²) in [6, 6.07) is 5.55. The van der Waals surface area contributed by atoms with Gasteiger partial charge in [0.1, 0.15) is 5.75 Å². The van der Waals surface area contributed by atoms with Crippen LogP contribution in [0.1, 0.15) is 24.2 Å². The molecule has 1 amide bonds. The molecule has 0 heterocycles. The molecule has 1 N–H and O–H groups in total. The third-order valence-corrected chi connectivity index (χ3v) is 3.53. The Morgan fingerprint density at radius 3 is 2.39 bits per heavy atom. The van der Waals surface area contributed by atoms with Crippen molar-refractivity contribution >= 4 is 21.8 Å². The summed E-state index contributed by atoms with van der Waals surface area (Å²) in [6.45, 7) is 0.874. The van der Waals surface area contributed by atoms with Crippen molar-refractivity contribution in [2.24, 2.45) is 0 Å². The van der Waals surface area contributed by atoms with Crippen LogP contribution in [-0.2, 0) is 0 Å². The number of carbonyl (C=O) groups is 1. The minimum atomic E-state index is -2.86. The van der Waals surface area contributed by atoms with Crippen LogP contribution in [0.15, 0.2) is 24.3 Å². The Kier molecular flexibility index (Phi) is 5.07. The van der Waals surface area contributed by atoms with E-state index in [9.17, 15) is 13.6 Å². The average molecular weight is 322 g/mol. The highest BCUT2D eigenvalue weighted by molar-refractivity contribution is 9.09. The number of carbonyl (C=O) groups excluding carboxylic acids is 1. The van der Waals surface area contributed by atoms with Gasteiger partial charge in [0.2, 0.25) is 0 Å². The van der Waals surface area contributed by atoms with Gasteiger partial charge in [0.15, 0.2) is 0 Å². The zero-order chi connectivity index (χ0) is 13.8. The van der Waals surface area contributed by atoms with Crippen LogP contribution in [0.5, 0.6) is 5.75 Å². The molecular formula is C12H14BrF2NO2. The van der Waals surface area contributed by atoms with Gasteiger partial charge in [0, 0.05) is 16.4 Å². The van der Waals surface area contributed by atoms with Gasteiger partial charge < -0.3 is 10.1 Å². The van der Waals surface area contributed by atoms with Gasteiger partial charge >= 0.3 is 6.61 Å². The molecule has 0 radical (unpaired) electrons. The number of hydrogen-bond acceptors (Lipinski definition) is 2. The number of halogens is 3. The van der Waals surface area contributed by atoms with Gasteiger partial charge in [-0.05, 0) is 38.1 Å². The maximum atomic E-state index is 11.9. The van der Waals surface area contributed by atoms with Gasteiger partial charge in [-0.1, -0.05) is 15.9 Å². The van der Waals surface area contributed by atoms with Gasteiger partial charge in [-0.2, -0.15) is 8.78 Å². The van der Waals surface area contributed by atoms with E-state index in [4.69, 9.17) is 0 Å². The monoisotopic (exact) mass is 321 g/mol. The van der Waals surface area contributed by atoms with Crippen LogP contribution in [0, 0.1) is 0 Å². The van der Waals surface area contributed by atoms with E-state index in [1.807, 2.05) is 13.8 Å². The van der Waals surface area contributed by atoms with Crippen LogP contribution in [0.3, 0.4) is 0 Å². The smallest absolute Gasteiger partial charge is 0.387 e. The molecule has 1 rings (SSSR count). The number of alkyl halides is 3. The van der Waals surface area contributed by atoms with Crippen molar-refractivity contribution < 1.29 is 18.3 Å². The summed E-state index contributed by atoms with van der Waals surface area (Å²) in [6.07, 6.45) is 0. The zero-order valence-corrected chi connectivity index (χ0v) is 11.6. The summed E-state index contributed by atoms with van der Waals surface area (Å²) in [4.78, 5) is 11.8. The Labute approximate surface area is 113 Å². The van der Waals surface area contributed by atoms with E-state index in [0.29, 0.717) is 10.9 Å². The van der Waals surface area contributed by atoms with E-state index < -0.39 is 6.61 Å². The van der Waals surface area contributed by atoms with Crippen LogP contribution >= 0.6 is 15.9 Å². The van der Waals surface area contributed by atoms with Gasteiger partial charge in [-0.3, -0.25) is 4.79 Å². The third-order valence-electron chi connectivity index (χ3n) is 2.13. The first kappa shape index (κ1) is 14.9. The van der Waals surface area contributed by atoms with E-state index in [1.165, 1.54) is 24.3 Å². The van der Waals surface area contributed by atoms with Crippen molar-refractivity contribution in [3.8, 4) is 5.75 Å². The molecule has 1 aromatic carbocycles. The molecule has 3 nitrogen and oxygen atoms in total. The van der Waals surface area contributed by atoms with Crippen molar-refractivity contribution in [1.82, 2.24) is 5.32 Å². The standard InChI is InChI=1S/C12H14BrF2NO2/c1-12(2,7-13)16-10(17)8-3-5-9(6-4-8)18-11(14)15/h3-6,11H,7H2,1-2H3,(H,16,17). The van der Waals surface area contributed by atoms with Crippen molar-refractivity contribution in [3.63, 3.8) is 0 Å². The second-order valence-corrected chi connectivity index (χ2v) is 4.94. The molecule has 18 heavy (non-hydrogen) atoms. The molecular weight excluding hydrogens is 308 g/mol. The quantitative estimate of drug-likeness (QED) is 0.846. The van der Waals surface area contributed by atoms with Crippen LogP contribution in [0.2, 0.25) is 0 Å². The highest BCUT2D eigenvalue weighted by atomic mass is 79.9. The molecule has 0 atom stereocenters. The second kappa shape index (κ2) is 6.13. The molecule has 1 aromatic rings. The highest BCUT2D eigenvalue weighted by Gasteiger charge is 2.19. The molecule has 0 saturated heterocycles. The molecule has 0 spiro atoms. The lowest BCUT2D eigenvalue weighted by Gasteiger charge is -2.23. The fraction of sp³-hybridized carbons (Fsp3) is 0.417. The molecule has 0 aliphatic carbocycles. The van der Waals surface area contributed by atoms with Gasteiger partial charge in [-0.15, -0.1) is 0 Å². The Balaban J connectivity index is 2.70. The molecule has 0 fully saturated rings. The number of amides is 1. The van der Waals surface area contributed by atoms with Gasteiger partial charge in [-0.25, -0.2) is 0 Å². The maximum absolute atomic E-state index is 11.9. The molecule has 0 aliphatic rings. The fourth-order valence-electron chi connectivity index (χ4n) is 1.20. The number of nitrogens with one attached hydrogen (secondary N) is 1. The van der Waals surface area contributed by atoms with Crippen LogP contribution < -0.4 is 10.1 Å². The predicted octanol–water partition coefficient (Wildman–Crippen LogP) is 3.19. The summed E-state index contributed by atoms with van der Waals surface area (Å²) in [7, 11) is 0. The van der Waals surface area contributed by atoms with Crippen LogP contribution in [0.25, 0.3) is 0 Å². The topological polar surface area (TPSA) is 38.3 Å². The minimum absolute atomic E-state index is 0.0290. The second-order valence-electron chi connectivity index (χ2n) is 4.37. The lowest BCUT2D eigenvalue weighted by atomic mass is 10.1. The van der Waals surface area contributed by atoms with E-state index in [2.05, 4.69) is 26.0 Å². The Bertz CT molecular complexity index is 407.